The molecule has 6 nitrogen and oxygen atoms in total. The molecule has 0 radical (unpaired) electrons. The molecule has 2 rings (SSSR count). The minimum absolute atomic E-state index is 0.477. The molecule has 2 aromatic heterocycles. The van der Waals surface area contributed by atoms with E-state index in [0.29, 0.717) is 11.2 Å². The van der Waals surface area contributed by atoms with Gasteiger partial charge in [-0.05, 0) is 26.3 Å². The van der Waals surface area contributed by atoms with Crippen LogP contribution in [0.2, 0.25) is 0 Å². The minimum Gasteiger partial charge on any atom is -0.334 e. The number of thioether (sulfide) groups is 1. The van der Waals surface area contributed by atoms with Crippen LogP contribution in [0.4, 0.5) is 0 Å². The molecule has 0 spiro atoms. The molecule has 0 saturated heterocycles. The van der Waals surface area contributed by atoms with Gasteiger partial charge in [-0.3, -0.25) is 0 Å². The summed E-state index contributed by atoms with van der Waals surface area (Å²) in [7, 11) is 0. The van der Waals surface area contributed by atoms with E-state index in [1.807, 2.05) is 19.9 Å². The first kappa shape index (κ1) is 13.9. The Morgan fingerprint density at radius 2 is 2.11 bits per heavy atom. The molecule has 19 heavy (non-hydrogen) atoms. The summed E-state index contributed by atoms with van der Waals surface area (Å²) in [5, 5.41) is 13.9. The van der Waals surface area contributed by atoms with Gasteiger partial charge in [0.2, 0.25) is 5.16 Å². The molecule has 2 heterocycles. The zero-order valence-corrected chi connectivity index (χ0v) is 12.6. The van der Waals surface area contributed by atoms with Crippen molar-refractivity contribution in [2.75, 3.05) is 5.84 Å². The van der Waals surface area contributed by atoms with Crippen LogP contribution in [-0.4, -0.2) is 29.9 Å². The van der Waals surface area contributed by atoms with Gasteiger partial charge in [0.25, 0.3) is 5.95 Å². The van der Waals surface area contributed by atoms with Gasteiger partial charge in [-0.15, -0.1) is 10.2 Å². The van der Waals surface area contributed by atoms with E-state index in [1.54, 1.807) is 16.4 Å². The Bertz CT molecular complexity index is 559. The van der Waals surface area contributed by atoms with Crippen molar-refractivity contribution in [1.82, 2.24) is 24.7 Å². The number of rotatable bonds is 5. The molecule has 0 bridgehead atoms. The van der Waals surface area contributed by atoms with Crippen molar-refractivity contribution in [3.63, 3.8) is 0 Å². The molecule has 0 aromatic carbocycles. The van der Waals surface area contributed by atoms with E-state index < -0.39 is 0 Å². The number of hydrogen-bond acceptors (Lipinski definition) is 5. The minimum atomic E-state index is 0.477. The molecule has 0 amide bonds. The highest BCUT2D eigenvalue weighted by atomic mass is 32.2. The van der Waals surface area contributed by atoms with Gasteiger partial charge < -0.3 is 5.84 Å². The maximum Gasteiger partial charge on any atom is 0.271 e. The first-order valence-corrected chi connectivity index (χ1v) is 7.31. The first-order valence-electron chi connectivity index (χ1n) is 6.43. The molecule has 0 fully saturated rings. The molecule has 2 N–H and O–H groups in total. The fourth-order valence-electron chi connectivity index (χ4n) is 1.97. The lowest BCUT2D eigenvalue weighted by Gasteiger charge is -2.09. The maximum atomic E-state index is 6.07. The fraction of sp³-hybridized carbons (Fsp3) is 0.583. The Labute approximate surface area is 117 Å². The highest BCUT2D eigenvalue weighted by Gasteiger charge is 2.16. The molecule has 2 aromatic rings. The van der Waals surface area contributed by atoms with Gasteiger partial charge in [0.05, 0.1) is 5.69 Å². The molecular formula is C12H20N6S. The average molecular weight is 280 g/mol. The molecule has 0 aliphatic carbocycles. The van der Waals surface area contributed by atoms with Gasteiger partial charge in [-0.25, -0.2) is 9.36 Å². The monoisotopic (exact) mass is 280 g/mol. The SMILES string of the molecule is CCCC(C)Sc1nnc(-n2nc(C)cc2C)n1N. The molecule has 0 saturated carbocycles. The lowest BCUT2D eigenvalue weighted by molar-refractivity contribution is 0.723. The van der Waals surface area contributed by atoms with E-state index in [-0.39, 0.29) is 0 Å². The van der Waals surface area contributed by atoms with E-state index in [4.69, 9.17) is 5.84 Å². The van der Waals surface area contributed by atoms with Gasteiger partial charge >= 0.3 is 0 Å². The van der Waals surface area contributed by atoms with Crippen molar-refractivity contribution in [2.45, 2.75) is 50.9 Å². The van der Waals surface area contributed by atoms with E-state index >= 15 is 0 Å². The van der Waals surface area contributed by atoms with Crippen molar-refractivity contribution in [1.29, 1.82) is 0 Å². The Morgan fingerprint density at radius 3 is 2.68 bits per heavy atom. The second kappa shape index (κ2) is 5.64. The van der Waals surface area contributed by atoms with E-state index in [2.05, 4.69) is 29.1 Å². The van der Waals surface area contributed by atoms with Crippen molar-refractivity contribution in [3.05, 3.63) is 17.5 Å². The molecular weight excluding hydrogens is 260 g/mol. The topological polar surface area (TPSA) is 74.5 Å². The summed E-state index contributed by atoms with van der Waals surface area (Å²) in [5.74, 6) is 6.62. The van der Waals surface area contributed by atoms with E-state index in [0.717, 1.165) is 29.4 Å². The van der Waals surface area contributed by atoms with Crippen LogP contribution < -0.4 is 5.84 Å². The fourth-order valence-corrected chi connectivity index (χ4v) is 2.97. The number of nitrogens with zero attached hydrogens (tertiary/aromatic N) is 5. The number of nitrogen functional groups attached to an aromatic ring is 1. The third-order valence-electron chi connectivity index (χ3n) is 2.85. The number of nitrogens with two attached hydrogens (primary N) is 1. The summed E-state index contributed by atoms with van der Waals surface area (Å²) in [6.07, 6.45) is 2.28. The highest BCUT2D eigenvalue weighted by Crippen LogP contribution is 2.24. The van der Waals surface area contributed by atoms with Crippen LogP contribution in [0, 0.1) is 13.8 Å². The van der Waals surface area contributed by atoms with Crippen LogP contribution in [0.3, 0.4) is 0 Å². The third kappa shape index (κ3) is 2.91. The second-order valence-corrected chi connectivity index (χ2v) is 6.11. The molecule has 7 heteroatoms. The van der Waals surface area contributed by atoms with Crippen molar-refractivity contribution >= 4 is 11.8 Å². The molecule has 0 aliphatic heterocycles. The van der Waals surface area contributed by atoms with Gasteiger partial charge in [0.15, 0.2) is 0 Å². The van der Waals surface area contributed by atoms with Crippen LogP contribution in [0.1, 0.15) is 38.1 Å². The van der Waals surface area contributed by atoms with Crippen LogP contribution in [0.25, 0.3) is 5.95 Å². The van der Waals surface area contributed by atoms with Gasteiger partial charge in [0, 0.05) is 10.9 Å². The zero-order chi connectivity index (χ0) is 14.0. The predicted octanol–water partition coefficient (Wildman–Crippen LogP) is 2.08. The van der Waals surface area contributed by atoms with Gasteiger partial charge in [-0.1, -0.05) is 32.0 Å². The number of aromatic nitrogens is 5. The lowest BCUT2D eigenvalue weighted by Crippen LogP contribution is -2.17. The summed E-state index contributed by atoms with van der Waals surface area (Å²) in [5.41, 5.74) is 1.93. The van der Waals surface area contributed by atoms with Crippen molar-refractivity contribution in [2.24, 2.45) is 0 Å². The van der Waals surface area contributed by atoms with Crippen LogP contribution in [0.5, 0.6) is 0 Å². The second-order valence-electron chi connectivity index (χ2n) is 4.71. The summed E-state index contributed by atoms with van der Waals surface area (Å²) in [6, 6.07) is 1.99. The Balaban J connectivity index is 2.25. The molecule has 1 atom stereocenters. The number of hydrogen-bond donors (Lipinski definition) is 1. The Morgan fingerprint density at radius 1 is 1.37 bits per heavy atom. The zero-order valence-electron chi connectivity index (χ0n) is 11.8. The first-order chi connectivity index (χ1) is 9.02. The summed E-state index contributed by atoms with van der Waals surface area (Å²) < 4.78 is 3.23. The molecule has 1 unspecified atom stereocenters. The van der Waals surface area contributed by atoms with Crippen LogP contribution >= 0.6 is 11.8 Å². The van der Waals surface area contributed by atoms with E-state index in [1.165, 1.54) is 4.68 Å². The Kier molecular flexibility index (Phi) is 4.14. The van der Waals surface area contributed by atoms with Gasteiger partial charge in [-0.2, -0.15) is 5.10 Å². The predicted molar refractivity (Wildman–Crippen MR) is 77.0 cm³/mol. The Hall–Kier alpha value is -1.50. The maximum absolute atomic E-state index is 6.07. The van der Waals surface area contributed by atoms with Crippen LogP contribution in [-0.2, 0) is 0 Å². The third-order valence-corrected chi connectivity index (χ3v) is 3.97. The quantitative estimate of drug-likeness (QED) is 0.670. The van der Waals surface area contributed by atoms with Crippen molar-refractivity contribution < 1.29 is 0 Å². The average Bonchev–Trinajstić information content (AvgIpc) is 2.84. The number of aryl methyl sites for hydroxylation is 2. The highest BCUT2D eigenvalue weighted by molar-refractivity contribution is 7.99. The van der Waals surface area contributed by atoms with Crippen LogP contribution in [0.15, 0.2) is 11.2 Å². The summed E-state index contributed by atoms with van der Waals surface area (Å²) in [4.78, 5) is 0. The lowest BCUT2D eigenvalue weighted by atomic mass is 10.3. The smallest absolute Gasteiger partial charge is 0.271 e. The summed E-state index contributed by atoms with van der Waals surface area (Å²) in [6.45, 7) is 8.26. The normalized spacial score (nSPS) is 12.8. The molecule has 0 aliphatic rings. The molecule has 104 valence electrons. The van der Waals surface area contributed by atoms with Crippen molar-refractivity contribution in [3.8, 4) is 5.95 Å². The largest absolute Gasteiger partial charge is 0.334 e. The summed E-state index contributed by atoms with van der Waals surface area (Å²) >= 11 is 1.65. The van der Waals surface area contributed by atoms with Gasteiger partial charge in [0.1, 0.15) is 0 Å². The van der Waals surface area contributed by atoms with E-state index in [9.17, 15) is 0 Å². The standard InChI is InChI=1S/C12H20N6S/c1-5-6-10(4)19-12-15-14-11(17(12)13)18-9(3)7-8(2)16-18/h7,10H,5-6,13H2,1-4H3.